The van der Waals surface area contributed by atoms with Crippen LogP contribution < -0.4 is 10.6 Å². The van der Waals surface area contributed by atoms with Crippen molar-refractivity contribution in [1.82, 2.24) is 0 Å². The third-order valence-corrected chi connectivity index (χ3v) is 3.36. The van der Waals surface area contributed by atoms with Crippen LogP contribution in [0.15, 0.2) is 24.3 Å². The average molecular weight is 262 g/mol. The summed E-state index contributed by atoms with van der Waals surface area (Å²) in [6.07, 6.45) is 0.886. The van der Waals surface area contributed by atoms with Crippen LogP contribution in [-0.2, 0) is 9.53 Å². The number of rotatable bonds is 5. The Hall–Kier alpha value is -1.55. The molecule has 2 rings (SSSR count). The summed E-state index contributed by atoms with van der Waals surface area (Å²) < 4.78 is 5.22. The SMILES string of the molecule is CC(C)OC(=O)CN1CC(CCN)c2ccccc21. The van der Waals surface area contributed by atoms with Gasteiger partial charge in [0, 0.05) is 18.2 Å². The minimum absolute atomic E-state index is 0.0646. The second-order valence-corrected chi connectivity index (χ2v) is 5.25. The lowest BCUT2D eigenvalue weighted by Crippen LogP contribution is -2.31. The number of esters is 1. The number of hydrogen-bond acceptors (Lipinski definition) is 4. The molecule has 19 heavy (non-hydrogen) atoms. The standard InChI is InChI=1S/C15H22N2O2/c1-11(2)19-15(18)10-17-9-12(7-8-16)13-5-3-4-6-14(13)17/h3-6,11-12H,7-10,16H2,1-2H3. The lowest BCUT2D eigenvalue weighted by Gasteiger charge is -2.19. The van der Waals surface area contributed by atoms with Crippen molar-refractivity contribution in [2.75, 3.05) is 24.5 Å². The summed E-state index contributed by atoms with van der Waals surface area (Å²) >= 11 is 0. The first-order valence-electron chi connectivity index (χ1n) is 6.85. The number of fused-ring (bicyclic) bond motifs is 1. The minimum atomic E-state index is -0.168. The molecule has 1 heterocycles. The molecule has 0 fully saturated rings. The minimum Gasteiger partial charge on any atom is -0.462 e. The van der Waals surface area contributed by atoms with Gasteiger partial charge in [0.25, 0.3) is 0 Å². The quantitative estimate of drug-likeness (QED) is 0.823. The zero-order valence-electron chi connectivity index (χ0n) is 11.6. The van der Waals surface area contributed by atoms with Gasteiger partial charge in [-0.1, -0.05) is 18.2 Å². The molecule has 0 saturated carbocycles. The molecule has 1 atom stereocenters. The molecule has 1 aromatic rings. The molecule has 1 aromatic carbocycles. The number of carbonyl (C=O) groups excluding carboxylic acids is 1. The molecule has 1 unspecified atom stereocenters. The lowest BCUT2D eigenvalue weighted by atomic mass is 9.98. The number of carbonyl (C=O) groups is 1. The topological polar surface area (TPSA) is 55.6 Å². The average Bonchev–Trinajstić information content (AvgIpc) is 2.68. The van der Waals surface area contributed by atoms with Gasteiger partial charge in [-0.2, -0.15) is 0 Å². The Bertz CT molecular complexity index is 446. The first-order chi connectivity index (χ1) is 9.11. The van der Waals surface area contributed by atoms with Crippen LogP contribution in [0.3, 0.4) is 0 Å². The summed E-state index contributed by atoms with van der Waals surface area (Å²) in [4.78, 5) is 13.9. The van der Waals surface area contributed by atoms with Crippen LogP contribution in [0.1, 0.15) is 31.7 Å². The first-order valence-corrected chi connectivity index (χ1v) is 6.85. The van der Waals surface area contributed by atoms with E-state index in [2.05, 4.69) is 17.0 Å². The predicted molar refractivity (Wildman–Crippen MR) is 76.3 cm³/mol. The molecule has 0 radical (unpaired) electrons. The molecule has 0 amide bonds. The number of hydrogen-bond donors (Lipinski definition) is 1. The van der Waals surface area contributed by atoms with Crippen LogP contribution in [0.4, 0.5) is 5.69 Å². The Labute approximate surface area is 114 Å². The van der Waals surface area contributed by atoms with Crippen LogP contribution in [0.2, 0.25) is 0 Å². The Balaban J connectivity index is 2.09. The van der Waals surface area contributed by atoms with E-state index in [0.29, 0.717) is 19.0 Å². The van der Waals surface area contributed by atoms with Crippen molar-refractivity contribution in [2.24, 2.45) is 5.73 Å². The molecule has 0 aliphatic carbocycles. The van der Waals surface area contributed by atoms with E-state index in [0.717, 1.165) is 18.7 Å². The Morgan fingerprint density at radius 2 is 2.21 bits per heavy atom. The Morgan fingerprint density at radius 3 is 2.89 bits per heavy atom. The molecule has 4 nitrogen and oxygen atoms in total. The summed E-state index contributed by atoms with van der Waals surface area (Å²) in [6, 6.07) is 8.24. The molecule has 4 heteroatoms. The monoisotopic (exact) mass is 262 g/mol. The van der Waals surface area contributed by atoms with Crippen LogP contribution >= 0.6 is 0 Å². The second kappa shape index (κ2) is 6.06. The van der Waals surface area contributed by atoms with Gasteiger partial charge in [-0.3, -0.25) is 4.79 Å². The smallest absolute Gasteiger partial charge is 0.325 e. The molecule has 0 spiro atoms. The predicted octanol–water partition coefficient (Wildman–Crippen LogP) is 1.89. The summed E-state index contributed by atoms with van der Waals surface area (Å²) in [5.41, 5.74) is 8.10. The van der Waals surface area contributed by atoms with Gasteiger partial charge in [0.05, 0.1) is 6.10 Å². The maximum atomic E-state index is 11.8. The number of ether oxygens (including phenoxy) is 1. The molecule has 0 saturated heterocycles. The van der Waals surface area contributed by atoms with Gasteiger partial charge in [0.1, 0.15) is 6.54 Å². The maximum Gasteiger partial charge on any atom is 0.325 e. The van der Waals surface area contributed by atoms with Gasteiger partial charge in [-0.05, 0) is 38.4 Å². The zero-order valence-corrected chi connectivity index (χ0v) is 11.6. The van der Waals surface area contributed by atoms with E-state index in [4.69, 9.17) is 10.5 Å². The normalized spacial score (nSPS) is 17.7. The number of para-hydroxylation sites is 1. The number of nitrogens with zero attached hydrogens (tertiary/aromatic N) is 1. The van der Waals surface area contributed by atoms with Gasteiger partial charge in [0.15, 0.2) is 0 Å². The Kier molecular flexibility index (Phi) is 4.43. The third-order valence-electron chi connectivity index (χ3n) is 3.36. The van der Waals surface area contributed by atoms with Crippen LogP contribution in [0.5, 0.6) is 0 Å². The molecule has 1 aliphatic heterocycles. The highest BCUT2D eigenvalue weighted by atomic mass is 16.5. The highest BCUT2D eigenvalue weighted by Crippen LogP contribution is 2.37. The summed E-state index contributed by atoms with van der Waals surface area (Å²) in [6.45, 7) is 5.57. The van der Waals surface area contributed by atoms with E-state index in [1.807, 2.05) is 26.0 Å². The Morgan fingerprint density at radius 1 is 1.47 bits per heavy atom. The molecular formula is C15H22N2O2. The van der Waals surface area contributed by atoms with E-state index >= 15 is 0 Å². The van der Waals surface area contributed by atoms with Crippen LogP contribution in [0.25, 0.3) is 0 Å². The summed E-state index contributed by atoms with van der Waals surface area (Å²) in [7, 11) is 0. The highest BCUT2D eigenvalue weighted by molar-refractivity contribution is 5.77. The largest absolute Gasteiger partial charge is 0.462 e. The number of anilines is 1. The number of benzene rings is 1. The van der Waals surface area contributed by atoms with E-state index in [1.165, 1.54) is 5.56 Å². The fraction of sp³-hybridized carbons (Fsp3) is 0.533. The van der Waals surface area contributed by atoms with E-state index in [-0.39, 0.29) is 12.1 Å². The van der Waals surface area contributed by atoms with Crippen LogP contribution in [-0.4, -0.2) is 31.7 Å². The highest BCUT2D eigenvalue weighted by Gasteiger charge is 2.29. The van der Waals surface area contributed by atoms with Gasteiger partial charge in [0.2, 0.25) is 0 Å². The molecule has 2 N–H and O–H groups in total. The van der Waals surface area contributed by atoms with Crippen molar-refractivity contribution in [3.05, 3.63) is 29.8 Å². The van der Waals surface area contributed by atoms with E-state index < -0.39 is 0 Å². The summed E-state index contributed by atoms with van der Waals surface area (Å²) in [5, 5.41) is 0. The fourth-order valence-electron chi connectivity index (χ4n) is 2.64. The van der Waals surface area contributed by atoms with Gasteiger partial charge in [-0.25, -0.2) is 0 Å². The lowest BCUT2D eigenvalue weighted by molar-refractivity contribution is -0.145. The fourth-order valence-corrected chi connectivity index (χ4v) is 2.64. The molecule has 0 aromatic heterocycles. The van der Waals surface area contributed by atoms with E-state index in [9.17, 15) is 4.79 Å². The van der Waals surface area contributed by atoms with Crippen molar-refractivity contribution in [3.8, 4) is 0 Å². The van der Waals surface area contributed by atoms with Crippen molar-refractivity contribution < 1.29 is 9.53 Å². The van der Waals surface area contributed by atoms with Crippen molar-refractivity contribution in [1.29, 1.82) is 0 Å². The molecule has 104 valence electrons. The van der Waals surface area contributed by atoms with Gasteiger partial charge < -0.3 is 15.4 Å². The molecular weight excluding hydrogens is 240 g/mol. The third kappa shape index (κ3) is 3.26. The summed E-state index contributed by atoms with van der Waals surface area (Å²) in [5.74, 6) is 0.256. The second-order valence-electron chi connectivity index (χ2n) is 5.25. The van der Waals surface area contributed by atoms with Gasteiger partial charge in [-0.15, -0.1) is 0 Å². The first kappa shape index (κ1) is 13.9. The number of nitrogens with two attached hydrogens (primary N) is 1. The van der Waals surface area contributed by atoms with Crippen molar-refractivity contribution >= 4 is 11.7 Å². The van der Waals surface area contributed by atoms with Crippen molar-refractivity contribution in [3.63, 3.8) is 0 Å². The van der Waals surface area contributed by atoms with Crippen molar-refractivity contribution in [2.45, 2.75) is 32.3 Å². The molecule has 0 bridgehead atoms. The maximum absolute atomic E-state index is 11.8. The van der Waals surface area contributed by atoms with Gasteiger partial charge >= 0.3 is 5.97 Å². The molecule has 1 aliphatic rings. The van der Waals surface area contributed by atoms with E-state index in [1.54, 1.807) is 0 Å². The zero-order chi connectivity index (χ0) is 13.8. The van der Waals surface area contributed by atoms with Crippen LogP contribution in [0, 0.1) is 0 Å².